The number of carbonyl (C=O) groups excluding carboxylic acids is 3. The van der Waals surface area contributed by atoms with E-state index in [0.29, 0.717) is 6.29 Å². The molecule has 0 atom stereocenters. The summed E-state index contributed by atoms with van der Waals surface area (Å²) < 4.78 is 23.5. The number of ether oxygens (including phenoxy) is 2. The number of benzene rings is 2. The summed E-state index contributed by atoms with van der Waals surface area (Å²) in [5.41, 5.74) is 0.266. The maximum Gasteiger partial charge on any atom is 0.347 e. The zero-order valence-corrected chi connectivity index (χ0v) is 12.7. The lowest BCUT2D eigenvalue weighted by Crippen LogP contribution is -2.13. The Hall–Kier alpha value is -3.28. The first-order valence-corrected chi connectivity index (χ1v) is 6.92. The van der Waals surface area contributed by atoms with Crippen molar-refractivity contribution in [3.05, 3.63) is 65.5 Å². The van der Waals surface area contributed by atoms with Crippen molar-refractivity contribution < 1.29 is 28.2 Å². The maximum atomic E-state index is 13.3. The van der Waals surface area contributed by atoms with Gasteiger partial charge in [-0.25, -0.2) is 9.18 Å². The Morgan fingerprint density at radius 2 is 1.79 bits per heavy atom. The van der Waals surface area contributed by atoms with Crippen LogP contribution in [0.15, 0.2) is 48.5 Å². The molecule has 5 nitrogen and oxygen atoms in total. The number of esters is 2. The molecule has 0 amide bonds. The number of para-hydroxylation sites is 1. The van der Waals surface area contributed by atoms with E-state index in [2.05, 4.69) is 0 Å². The molecule has 0 spiro atoms. The summed E-state index contributed by atoms with van der Waals surface area (Å²) in [4.78, 5) is 33.9. The molecule has 0 fully saturated rings. The van der Waals surface area contributed by atoms with Gasteiger partial charge in [-0.05, 0) is 42.5 Å². The minimum absolute atomic E-state index is 0.0438. The van der Waals surface area contributed by atoms with E-state index in [-0.39, 0.29) is 22.6 Å². The molecule has 0 aliphatic heterocycles. The SMILES string of the molecule is CC(=O)Oc1ccccc1C(=O)Oc1ccc(F)cc1/C=C/C=O. The minimum atomic E-state index is -0.779. The van der Waals surface area contributed by atoms with Gasteiger partial charge in [-0.15, -0.1) is 0 Å². The fourth-order valence-electron chi connectivity index (χ4n) is 1.92. The number of halogens is 1. The highest BCUT2D eigenvalue weighted by molar-refractivity contribution is 5.95. The van der Waals surface area contributed by atoms with Gasteiger partial charge in [0.2, 0.25) is 0 Å². The van der Waals surface area contributed by atoms with Crippen LogP contribution in [0.1, 0.15) is 22.8 Å². The first kappa shape index (κ1) is 17.1. The maximum absolute atomic E-state index is 13.3. The van der Waals surface area contributed by atoms with Gasteiger partial charge in [0.15, 0.2) is 0 Å². The molecular formula is C18H13FO5. The molecule has 0 aromatic heterocycles. The Kier molecular flexibility index (Phi) is 5.57. The van der Waals surface area contributed by atoms with Crippen molar-refractivity contribution in [2.75, 3.05) is 0 Å². The summed E-state index contributed by atoms with van der Waals surface area (Å²) in [6.07, 6.45) is 2.99. The molecule has 0 heterocycles. The normalized spacial score (nSPS) is 10.4. The van der Waals surface area contributed by atoms with Crippen LogP contribution in [0.25, 0.3) is 6.08 Å². The Morgan fingerprint density at radius 3 is 2.50 bits per heavy atom. The molecule has 2 rings (SSSR count). The van der Waals surface area contributed by atoms with E-state index >= 15 is 0 Å². The summed E-state index contributed by atoms with van der Waals surface area (Å²) in [6.45, 7) is 1.21. The topological polar surface area (TPSA) is 69.7 Å². The third-order valence-electron chi connectivity index (χ3n) is 2.89. The second kappa shape index (κ2) is 7.82. The van der Waals surface area contributed by atoms with Crippen LogP contribution in [-0.2, 0) is 9.59 Å². The molecule has 24 heavy (non-hydrogen) atoms. The molecule has 0 aliphatic rings. The second-order valence-electron chi connectivity index (χ2n) is 4.66. The fraction of sp³-hybridized carbons (Fsp3) is 0.0556. The number of carbonyl (C=O) groups is 3. The van der Waals surface area contributed by atoms with Crippen molar-refractivity contribution >= 4 is 24.3 Å². The second-order valence-corrected chi connectivity index (χ2v) is 4.66. The number of allylic oxidation sites excluding steroid dienone is 1. The van der Waals surface area contributed by atoms with E-state index in [9.17, 15) is 18.8 Å². The third kappa shape index (κ3) is 4.36. The van der Waals surface area contributed by atoms with E-state index in [0.717, 1.165) is 18.2 Å². The standard InChI is InChI=1S/C18H13FO5/c1-12(21)23-17-7-3-2-6-15(17)18(22)24-16-9-8-14(19)11-13(16)5-4-10-20/h2-11H,1H3/b5-4+. The van der Waals surface area contributed by atoms with E-state index in [1.165, 1.54) is 31.2 Å². The number of rotatable bonds is 5. The average Bonchev–Trinajstić information content (AvgIpc) is 2.55. The minimum Gasteiger partial charge on any atom is -0.426 e. The molecule has 0 unspecified atom stereocenters. The molecule has 2 aromatic carbocycles. The monoisotopic (exact) mass is 328 g/mol. The van der Waals surface area contributed by atoms with Gasteiger partial charge in [0.1, 0.15) is 29.2 Å². The average molecular weight is 328 g/mol. The summed E-state index contributed by atoms with van der Waals surface area (Å²) in [7, 11) is 0. The van der Waals surface area contributed by atoms with Crippen LogP contribution in [0, 0.1) is 5.82 Å². The van der Waals surface area contributed by atoms with Crippen molar-refractivity contribution in [2.45, 2.75) is 6.92 Å². The lowest BCUT2D eigenvalue weighted by atomic mass is 10.1. The molecule has 0 radical (unpaired) electrons. The quantitative estimate of drug-likeness (QED) is 0.365. The van der Waals surface area contributed by atoms with Gasteiger partial charge in [0.05, 0.1) is 0 Å². The molecule has 122 valence electrons. The molecule has 0 saturated heterocycles. The first-order chi connectivity index (χ1) is 11.5. The Labute approximate surface area is 137 Å². The van der Waals surface area contributed by atoms with Gasteiger partial charge < -0.3 is 9.47 Å². The highest BCUT2D eigenvalue weighted by Gasteiger charge is 2.17. The number of aldehydes is 1. The summed E-state index contributed by atoms with van der Waals surface area (Å²) in [6, 6.07) is 9.60. The van der Waals surface area contributed by atoms with Crippen molar-refractivity contribution in [3.8, 4) is 11.5 Å². The summed E-state index contributed by atoms with van der Waals surface area (Å²) in [5, 5.41) is 0. The van der Waals surface area contributed by atoms with Crippen molar-refractivity contribution in [1.82, 2.24) is 0 Å². The summed E-state index contributed by atoms with van der Waals surface area (Å²) >= 11 is 0. The Balaban J connectivity index is 2.32. The van der Waals surface area contributed by atoms with Gasteiger partial charge >= 0.3 is 11.9 Å². The Morgan fingerprint density at radius 1 is 1.04 bits per heavy atom. The van der Waals surface area contributed by atoms with Crippen molar-refractivity contribution in [2.24, 2.45) is 0 Å². The van der Waals surface area contributed by atoms with Crippen LogP contribution in [0.2, 0.25) is 0 Å². The van der Waals surface area contributed by atoms with Gasteiger partial charge in [0.25, 0.3) is 0 Å². The molecule has 6 heteroatoms. The smallest absolute Gasteiger partial charge is 0.347 e. The summed E-state index contributed by atoms with van der Waals surface area (Å²) in [5.74, 6) is -1.77. The van der Waals surface area contributed by atoms with Crippen molar-refractivity contribution in [1.29, 1.82) is 0 Å². The van der Waals surface area contributed by atoms with E-state index in [1.54, 1.807) is 12.1 Å². The first-order valence-electron chi connectivity index (χ1n) is 6.92. The molecular weight excluding hydrogens is 315 g/mol. The van der Waals surface area contributed by atoms with E-state index in [4.69, 9.17) is 9.47 Å². The van der Waals surface area contributed by atoms with Gasteiger partial charge in [-0.2, -0.15) is 0 Å². The fourth-order valence-corrected chi connectivity index (χ4v) is 1.92. The van der Waals surface area contributed by atoms with Crippen LogP contribution in [-0.4, -0.2) is 18.2 Å². The lowest BCUT2D eigenvalue weighted by Gasteiger charge is -2.10. The van der Waals surface area contributed by atoms with Crippen LogP contribution in [0.3, 0.4) is 0 Å². The predicted molar refractivity (Wildman–Crippen MR) is 84.2 cm³/mol. The molecule has 2 aromatic rings. The number of hydrogen-bond donors (Lipinski definition) is 0. The highest BCUT2D eigenvalue weighted by Crippen LogP contribution is 2.25. The zero-order valence-electron chi connectivity index (χ0n) is 12.7. The van der Waals surface area contributed by atoms with Crippen LogP contribution >= 0.6 is 0 Å². The predicted octanol–water partition coefficient (Wildman–Crippen LogP) is 3.18. The van der Waals surface area contributed by atoms with Gasteiger partial charge in [-0.1, -0.05) is 12.1 Å². The zero-order chi connectivity index (χ0) is 17.5. The highest BCUT2D eigenvalue weighted by atomic mass is 19.1. The molecule has 0 bridgehead atoms. The molecule has 0 saturated carbocycles. The van der Waals surface area contributed by atoms with Crippen LogP contribution in [0.4, 0.5) is 4.39 Å². The molecule has 0 N–H and O–H groups in total. The Bertz CT molecular complexity index is 811. The number of hydrogen-bond acceptors (Lipinski definition) is 5. The van der Waals surface area contributed by atoms with Gasteiger partial charge in [0, 0.05) is 12.5 Å². The lowest BCUT2D eigenvalue weighted by molar-refractivity contribution is -0.131. The van der Waals surface area contributed by atoms with E-state index < -0.39 is 17.8 Å². The van der Waals surface area contributed by atoms with Crippen molar-refractivity contribution in [3.63, 3.8) is 0 Å². The molecule has 0 aliphatic carbocycles. The third-order valence-corrected chi connectivity index (χ3v) is 2.89. The largest absolute Gasteiger partial charge is 0.426 e. The van der Waals surface area contributed by atoms with Crippen LogP contribution < -0.4 is 9.47 Å². The van der Waals surface area contributed by atoms with Gasteiger partial charge in [-0.3, -0.25) is 9.59 Å². The van der Waals surface area contributed by atoms with E-state index in [1.807, 2.05) is 0 Å². The van der Waals surface area contributed by atoms with Crippen LogP contribution in [0.5, 0.6) is 11.5 Å².